The number of piperidine rings is 1. The van der Waals surface area contributed by atoms with Crippen molar-refractivity contribution in [3.05, 3.63) is 82.6 Å². The van der Waals surface area contributed by atoms with E-state index in [-0.39, 0.29) is 11.5 Å². The van der Waals surface area contributed by atoms with E-state index in [2.05, 4.69) is 33.6 Å². The summed E-state index contributed by atoms with van der Waals surface area (Å²) in [7, 11) is 3.33. The molecule has 7 nitrogen and oxygen atoms in total. The number of methoxy groups -OCH3 is 2. The van der Waals surface area contributed by atoms with E-state index in [1.807, 2.05) is 18.2 Å². The van der Waals surface area contributed by atoms with Crippen LogP contribution in [0.25, 0.3) is 11.4 Å². The van der Waals surface area contributed by atoms with Crippen LogP contribution in [0.2, 0.25) is 0 Å². The molecular weight excluding hydrogens is 416 g/mol. The van der Waals surface area contributed by atoms with Gasteiger partial charge in [-0.15, -0.1) is 6.58 Å². The van der Waals surface area contributed by atoms with Crippen LogP contribution in [-0.4, -0.2) is 47.2 Å². The highest BCUT2D eigenvalue weighted by atomic mass is 16.5. The van der Waals surface area contributed by atoms with Gasteiger partial charge in [0.2, 0.25) is 0 Å². The quantitative estimate of drug-likeness (QED) is 0.528. The molecule has 1 saturated heterocycles. The van der Waals surface area contributed by atoms with Crippen molar-refractivity contribution in [1.29, 1.82) is 0 Å². The summed E-state index contributed by atoms with van der Waals surface area (Å²) >= 11 is 0. The summed E-state index contributed by atoms with van der Waals surface area (Å²) in [5, 5.41) is 0. The van der Waals surface area contributed by atoms with Crippen LogP contribution < -0.4 is 15.0 Å². The number of hydrogen-bond donors (Lipinski definition) is 1. The Kier molecular flexibility index (Phi) is 7.19. The lowest BCUT2D eigenvalue weighted by Crippen LogP contribution is -2.33. The van der Waals surface area contributed by atoms with Gasteiger partial charge in [-0.25, -0.2) is 4.98 Å². The summed E-state index contributed by atoms with van der Waals surface area (Å²) in [5.41, 5.74) is 3.82. The molecule has 1 aromatic carbocycles. The summed E-state index contributed by atoms with van der Waals surface area (Å²) in [5.74, 6) is 2.36. The van der Waals surface area contributed by atoms with Crippen LogP contribution in [0, 0.1) is 0 Å². The molecular formula is C26H30N4O3. The van der Waals surface area contributed by atoms with Crippen molar-refractivity contribution in [2.45, 2.75) is 31.7 Å². The van der Waals surface area contributed by atoms with Crippen LogP contribution in [0.1, 0.15) is 35.6 Å². The number of ether oxygens (including phenoxy) is 2. The van der Waals surface area contributed by atoms with Gasteiger partial charge in [0.05, 0.1) is 19.9 Å². The molecule has 0 unspecified atom stereocenters. The first-order chi connectivity index (χ1) is 16.1. The minimum atomic E-state index is -0.124. The molecule has 2 aromatic heterocycles. The minimum Gasteiger partial charge on any atom is -0.493 e. The van der Waals surface area contributed by atoms with Gasteiger partial charge >= 0.3 is 0 Å². The van der Waals surface area contributed by atoms with Gasteiger partial charge in [0, 0.05) is 42.0 Å². The summed E-state index contributed by atoms with van der Waals surface area (Å²) in [6, 6.07) is 9.61. The van der Waals surface area contributed by atoms with E-state index >= 15 is 0 Å². The Hall–Kier alpha value is -3.45. The highest BCUT2D eigenvalue weighted by Crippen LogP contribution is 2.34. The van der Waals surface area contributed by atoms with Crippen molar-refractivity contribution >= 4 is 0 Å². The molecule has 0 aliphatic carbocycles. The molecule has 4 rings (SSSR count). The molecule has 0 atom stereocenters. The maximum Gasteiger partial charge on any atom is 0.251 e. The molecule has 1 fully saturated rings. The molecule has 0 bridgehead atoms. The second kappa shape index (κ2) is 10.4. The Morgan fingerprint density at radius 1 is 1.21 bits per heavy atom. The molecule has 33 heavy (non-hydrogen) atoms. The molecule has 172 valence electrons. The fourth-order valence-electron chi connectivity index (χ4n) is 4.48. The van der Waals surface area contributed by atoms with Crippen LogP contribution in [0.3, 0.4) is 0 Å². The summed E-state index contributed by atoms with van der Waals surface area (Å²) in [6.07, 6.45) is 7.93. The van der Waals surface area contributed by atoms with Crippen molar-refractivity contribution in [3.63, 3.8) is 0 Å². The fraction of sp³-hybridized carbons (Fsp3) is 0.346. The van der Waals surface area contributed by atoms with Gasteiger partial charge in [-0.2, -0.15) is 0 Å². The van der Waals surface area contributed by atoms with Crippen LogP contribution in [0.15, 0.2) is 60.2 Å². The molecule has 1 N–H and O–H groups in total. The molecule has 0 saturated carbocycles. The summed E-state index contributed by atoms with van der Waals surface area (Å²) < 4.78 is 11.1. The lowest BCUT2D eigenvalue weighted by atomic mass is 9.92. The average Bonchev–Trinajstić information content (AvgIpc) is 2.84. The molecule has 0 spiro atoms. The zero-order valence-corrected chi connectivity index (χ0v) is 19.2. The zero-order chi connectivity index (χ0) is 23.2. The number of allylic oxidation sites excluding steroid dienone is 1. The van der Waals surface area contributed by atoms with E-state index in [0.29, 0.717) is 5.82 Å². The Labute approximate surface area is 194 Å². The van der Waals surface area contributed by atoms with Crippen molar-refractivity contribution < 1.29 is 9.47 Å². The van der Waals surface area contributed by atoms with Crippen LogP contribution >= 0.6 is 0 Å². The number of H-pyrrole nitrogens is 1. The molecule has 3 aromatic rings. The summed E-state index contributed by atoms with van der Waals surface area (Å²) in [4.78, 5) is 26.4. The number of rotatable bonds is 8. The van der Waals surface area contributed by atoms with E-state index in [0.717, 1.165) is 67.2 Å². The number of aromatic nitrogens is 3. The van der Waals surface area contributed by atoms with E-state index in [1.54, 1.807) is 32.7 Å². The number of likely N-dealkylation sites (tertiary alicyclic amines) is 1. The normalized spacial score (nSPS) is 14.7. The van der Waals surface area contributed by atoms with Crippen LogP contribution in [-0.2, 0) is 13.0 Å². The average molecular weight is 447 g/mol. The van der Waals surface area contributed by atoms with Gasteiger partial charge in [-0.3, -0.25) is 14.7 Å². The lowest BCUT2D eigenvalue weighted by Gasteiger charge is -2.32. The molecule has 7 heteroatoms. The van der Waals surface area contributed by atoms with E-state index in [1.165, 1.54) is 5.56 Å². The van der Waals surface area contributed by atoms with Gasteiger partial charge in [-0.05, 0) is 56.1 Å². The van der Waals surface area contributed by atoms with E-state index < -0.39 is 0 Å². The minimum absolute atomic E-state index is 0.124. The van der Waals surface area contributed by atoms with Crippen molar-refractivity contribution in [2.24, 2.45) is 0 Å². The molecule has 0 radical (unpaired) electrons. The van der Waals surface area contributed by atoms with Crippen molar-refractivity contribution in [1.82, 2.24) is 19.9 Å². The Balaban J connectivity index is 1.46. The second-order valence-corrected chi connectivity index (χ2v) is 8.29. The Morgan fingerprint density at radius 3 is 2.70 bits per heavy atom. The number of aromatic amines is 1. The third kappa shape index (κ3) is 5.31. The number of benzene rings is 1. The maximum atomic E-state index is 12.3. The van der Waals surface area contributed by atoms with Gasteiger partial charge in [0.1, 0.15) is 5.82 Å². The first-order valence-corrected chi connectivity index (χ1v) is 11.2. The Morgan fingerprint density at radius 2 is 2.03 bits per heavy atom. The third-order valence-electron chi connectivity index (χ3n) is 6.09. The monoisotopic (exact) mass is 446 g/mol. The lowest BCUT2D eigenvalue weighted by molar-refractivity contribution is 0.203. The molecule has 0 amide bonds. The smallest absolute Gasteiger partial charge is 0.251 e. The highest BCUT2D eigenvalue weighted by Gasteiger charge is 2.23. The zero-order valence-electron chi connectivity index (χ0n) is 19.2. The maximum absolute atomic E-state index is 12.3. The van der Waals surface area contributed by atoms with Crippen LogP contribution in [0.5, 0.6) is 11.5 Å². The topological polar surface area (TPSA) is 80.3 Å². The number of nitrogens with zero attached hydrogens (tertiary/aromatic N) is 3. The molecule has 1 aliphatic heterocycles. The van der Waals surface area contributed by atoms with Gasteiger partial charge < -0.3 is 14.5 Å². The number of nitrogens with one attached hydrogen (secondary N) is 1. The van der Waals surface area contributed by atoms with Gasteiger partial charge in [0.25, 0.3) is 5.56 Å². The standard InChI is InChI=1S/C26H30N4O3/c1-4-6-20-13-18(14-23(32-2)25(20)33-3)17-30-11-8-19(9-12-30)22-15-24(31)29-26(28-22)21-7-5-10-27-16-21/h4-5,7,10,13-16,19H,1,6,8-9,11-12,17H2,2-3H3,(H,28,29,31). The first kappa shape index (κ1) is 22.7. The fourth-order valence-corrected chi connectivity index (χ4v) is 4.48. The predicted molar refractivity (Wildman–Crippen MR) is 129 cm³/mol. The Bertz CT molecular complexity index is 1150. The predicted octanol–water partition coefficient (Wildman–Crippen LogP) is 3.96. The van der Waals surface area contributed by atoms with Crippen molar-refractivity contribution in [2.75, 3.05) is 27.3 Å². The molecule has 1 aliphatic rings. The van der Waals surface area contributed by atoms with Crippen molar-refractivity contribution in [3.8, 4) is 22.9 Å². The third-order valence-corrected chi connectivity index (χ3v) is 6.09. The van der Waals surface area contributed by atoms with Crippen LogP contribution in [0.4, 0.5) is 0 Å². The number of hydrogen-bond acceptors (Lipinski definition) is 6. The van der Waals surface area contributed by atoms with Gasteiger partial charge in [-0.1, -0.05) is 12.1 Å². The second-order valence-electron chi connectivity index (χ2n) is 8.29. The highest BCUT2D eigenvalue weighted by molar-refractivity contribution is 5.53. The molecule has 3 heterocycles. The number of pyridine rings is 1. The first-order valence-electron chi connectivity index (χ1n) is 11.2. The van der Waals surface area contributed by atoms with E-state index in [4.69, 9.17) is 14.5 Å². The van der Waals surface area contributed by atoms with Gasteiger partial charge in [0.15, 0.2) is 11.5 Å². The SMILES string of the molecule is C=CCc1cc(CN2CCC(c3cc(=O)[nH]c(-c4cccnc4)n3)CC2)cc(OC)c1OC. The van der Waals surface area contributed by atoms with E-state index in [9.17, 15) is 4.79 Å². The summed E-state index contributed by atoms with van der Waals surface area (Å²) in [6.45, 7) is 6.57. The largest absolute Gasteiger partial charge is 0.493 e.